The van der Waals surface area contributed by atoms with Crippen LogP contribution in [0.5, 0.6) is 0 Å². The Labute approximate surface area is 145 Å². The molecule has 0 radical (unpaired) electrons. The molecule has 0 spiro atoms. The van der Waals surface area contributed by atoms with Crippen molar-refractivity contribution in [2.45, 2.75) is 25.7 Å². The molecular weight excluding hydrogens is 320 g/mol. The van der Waals surface area contributed by atoms with Gasteiger partial charge in [0, 0.05) is 21.8 Å². The smallest absolute Gasteiger partial charge is 0.256 e. The second kappa shape index (κ2) is 6.25. The first-order valence-corrected chi connectivity index (χ1v) is 8.57. The number of nitrogens with one attached hydrogen (secondary N) is 1. The summed E-state index contributed by atoms with van der Waals surface area (Å²) in [7, 11) is 0. The van der Waals surface area contributed by atoms with Crippen molar-refractivity contribution in [2.75, 3.05) is 5.32 Å². The summed E-state index contributed by atoms with van der Waals surface area (Å²) in [6.07, 6.45) is 4.08. The Morgan fingerprint density at radius 2 is 1.88 bits per heavy atom. The SMILES string of the molecule is O=C(Nc1cccc(Cl)c1)c1c2c(nc3ccccc13)CCCC2. The van der Waals surface area contributed by atoms with Crippen LogP contribution in [0.1, 0.15) is 34.5 Å². The molecule has 0 aliphatic heterocycles. The number of anilines is 1. The van der Waals surface area contributed by atoms with Crippen LogP contribution < -0.4 is 5.32 Å². The minimum absolute atomic E-state index is 0.0889. The summed E-state index contributed by atoms with van der Waals surface area (Å²) in [6.45, 7) is 0. The highest BCUT2D eigenvalue weighted by Crippen LogP contribution is 2.30. The molecule has 0 unspecified atom stereocenters. The van der Waals surface area contributed by atoms with Crippen LogP contribution in [0.3, 0.4) is 0 Å². The van der Waals surface area contributed by atoms with Crippen LogP contribution in [0.15, 0.2) is 48.5 Å². The Hall–Kier alpha value is -2.39. The molecule has 4 heteroatoms. The molecular formula is C20H17ClN2O. The fourth-order valence-corrected chi connectivity index (χ4v) is 3.58. The molecule has 0 fully saturated rings. The number of pyridine rings is 1. The van der Waals surface area contributed by atoms with Crippen LogP contribution in [0.25, 0.3) is 10.9 Å². The summed E-state index contributed by atoms with van der Waals surface area (Å²) in [6, 6.07) is 15.1. The zero-order valence-corrected chi connectivity index (χ0v) is 13.9. The lowest BCUT2D eigenvalue weighted by Gasteiger charge is -2.20. The molecule has 4 rings (SSSR count). The van der Waals surface area contributed by atoms with Gasteiger partial charge in [-0.1, -0.05) is 35.9 Å². The molecule has 1 amide bonds. The number of nitrogens with zero attached hydrogens (tertiary/aromatic N) is 1. The Balaban J connectivity index is 1.83. The average Bonchev–Trinajstić information content (AvgIpc) is 2.59. The number of rotatable bonds is 2. The lowest BCUT2D eigenvalue weighted by Crippen LogP contribution is -2.19. The molecule has 1 heterocycles. The molecule has 0 saturated carbocycles. The first kappa shape index (κ1) is 15.2. The van der Waals surface area contributed by atoms with Crippen molar-refractivity contribution in [2.24, 2.45) is 0 Å². The van der Waals surface area contributed by atoms with Gasteiger partial charge in [-0.25, -0.2) is 0 Å². The number of para-hydroxylation sites is 1. The minimum atomic E-state index is -0.0889. The van der Waals surface area contributed by atoms with Crippen LogP contribution in [0, 0.1) is 0 Å². The number of hydrogen-bond acceptors (Lipinski definition) is 2. The van der Waals surface area contributed by atoms with E-state index < -0.39 is 0 Å². The van der Waals surface area contributed by atoms with Gasteiger partial charge in [0.1, 0.15) is 0 Å². The Bertz CT molecular complexity index is 936. The zero-order valence-electron chi connectivity index (χ0n) is 13.2. The van der Waals surface area contributed by atoms with E-state index in [1.807, 2.05) is 36.4 Å². The van der Waals surface area contributed by atoms with E-state index in [1.165, 1.54) is 0 Å². The summed E-state index contributed by atoms with van der Waals surface area (Å²) in [4.78, 5) is 17.8. The normalized spacial score (nSPS) is 13.5. The van der Waals surface area contributed by atoms with Crippen LogP contribution in [0.4, 0.5) is 5.69 Å². The van der Waals surface area contributed by atoms with Gasteiger partial charge in [-0.15, -0.1) is 0 Å². The quantitative estimate of drug-likeness (QED) is 0.714. The zero-order chi connectivity index (χ0) is 16.5. The summed E-state index contributed by atoms with van der Waals surface area (Å²) in [5, 5.41) is 4.51. The van der Waals surface area contributed by atoms with Gasteiger partial charge in [-0.05, 0) is 55.5 Å². The Kier molecular flexibility index (Phi) is 3.95. The molecule has 120 valence electrons. The van der Waals surface area contributed by atoms with E-state index in [9.17, 15) is 4.79 Å². The maximum Gasteiger partial charge on any atom is 0.256 e. The second-order valence-electron chi connectivity index (χ2n) is 6.10. The van der Waals surface area contributed by atoms with Crippen molar-refractivity contribution in [1.29, 1.82) is 0 Å². The fourth-order valence-electron chi connectivity index (χ4n) is 3.39. The van der Waals surface area contributed by atoms with Gasteiger partial charge < -0.3 is 5.32 Å². The van der Waals surface area contributed by atoms with E-state index in [4.69, 9.17) is 16.6 Å². The summed E-state index contributed by atoms with van der Waals surface area (Å²) < 4.78 is 0. The molecule has 0 bridgehead atoms. The van der Waals surface area contributed by atoms with E-state index in [-0.39, 0.29) is 5.91 Å². The lowest BCUT2D eigenvalue weighted by molar-refractivity contribution is 0.102. The van der Waals surface area contributed by atoms with Gasteiger partial charge >= 0.3 is 0 Å². The van der Waals surface area contributed by atoms with Gasteiger partial charge in [0.25, 0.3) is 5.91 Å². The molecule has 0 atom stereocenters. The van der Waals surface area contributed by atoms with Crippen molar-refractivity contribution in [3.8, 4) is 0 Å². The third-order valence-electron chi connectivity index (χ3n) is 4.48. The molecule has 1 aliphatic carbocycles. The van der Waals surface area contributed by atoms with Crippen molar-refractivity contribution < 1.29 is 4.79 Å². The van der Waals surface area contributed by atoms with Crippen LogP contribution in [0.2, 0.25) is 5.02 Å². The molecule has 1 N–H and O–H groups in total. The highest BCUT2D eigenvalue weighted by Gasteiger charge is 2.22. The largest absolute Gasteiger partial charge is 0.322 e. The number of carbonyl (C=O) groups is 1. The van der Waals surface area contributed by atoms with E-state index in [2.05, 4.69) is 5.32 Å². The van der Waals surface area contributed by atoms with Crippen molar-refractivity contribution >= 4 is 34.1 Å². The van der Waals surface area contributed by atoms with Gasteiger partial charge in [0.15, 0.2) is 0 Å². The van der Waals surface area contributed by atoms with Gasteiger partial charge in [-0.2, -0.15) is 0 Å². The van der Waals surface area contributed by atoms with Crippen molar-refractivity contribution in [3.05, 3.63) is 70.4 Å². The number of aromatic nitrogens is 1. The van der Waals surface area contributed by atoms with E-state index in [0.717, 1.165) is 53.4 Å². The molecule has 1 aliphatic rings. The van der Waals surface area contributed by atoms with Gasteiger partial charge in [-0.3, -0.25) is 9.78 Å². The average molecular weight is 337 g/mol. The number of amides is 1. The number of fused-ring (bicyclic) bond motifs is 2. The number of carbonyl (C=O) groups excluding carboxylic acids is 1. The van der Waals surface area contributed by atoms with E-state index in [0.29, 0.717) is 10.7 Å². The first-order chi connectivity index (χ1) is 11.7. The predicted octanol–water partition coefficient (Wildman–Crippen LogP) is 5.02. The summed E-state index contributed by atoms with van der Waals surface area (Å²) in [5.74, 6) is -0.0889. The number of aryl methyl sites for hydroxylation is 1. The first-order valence-electron chi connectivity index (χ1n) is 8.20. The molecule has 3 nitrogen and oxygen atoms in total. The molecule has 0 saturated heterocycles. The summed E-state index contributed by atoms with van der Waals surface area (Å²) in [5.41, 5.74) is 4.51. The highest BCUT2D eigenvalue weighted by molar-refractivity contribution is 6.31. The van der Waals surface area contributed by atoms with Crippen LogP contribution in [-0.2, 0) is 12.8 Å². The maximum atomic E-state index is 13.0. The number of halogens is 1. The lowest BCUT2D eigenvalue weighted by atomic mass is 9.89. The minimum Gasteiger partial charge on any atom is -0.322 e. The number of benzene rings is 2. The van der Waals surface area contributed by atoms with Crippen LogP contribution >= 0.6 is 11.6 Å². The van der Waals surface area contributed by atoms with E-state index in [1.54, 1.807) is 12.1 Å². The molecule has 1 aromatic heterocycles. The standard InChI is InChI=1S/C20H17ClN2O/c21-13-6-5-7-14(12-13)22-20(24)19-15-8-1-3-10-17(15)23-18-11-4-2-9-16(18)19/h1,3,5-8,10,12H,2,4,9,11H2,(H,22,24). The number of hydrogen-bond donors (Lipinski definition) is 1. The Morgan fingerprint density at radius 1 is 1.04 bits per heavy atom. The third-order valence-corrected chi connectivity index (χ3v) is 4.71. The third kappa shape index (κ3) is 2.76. The topological polar surface area (TPSA) is 42.0 Å². The second-order valence-corrected chi connectivity index (χ2v) is 6.54. The fraction of sp³-hybridized carbons (Fsp3) is 0.200. The Morgan fingerprint density at radius 3 is 2.75 bits per heavy atom. The maximum absolute atomic E-state index is 13.0. The van der Waals surface area contributed by atoms with Gasteiger partial charge in [0.05, 0.1) is 11.1 Å². The molecule has 24 heavy (non-hydrogen) atoms. The van der Waals surface area contributed by atoms with Crippen LogP contribution in [-0.4, -0.2) is 10.9 Å². The van der Waals surface area contributed by atoms with Crippen molar-refractivity contribution in [1.82, 2.24) is 4.98 Å². The van der Waals surface area contributed by atoms with E-state index >= 15 is 0 Å². The predicted molar refractivity (Wildman–Crippen MR) is 97.8 cm³/mol. The summed E-state index contributed by atoms with van der Waals surface area (Å²) >= 11 is 6.02. The molecule has 2 aromatic carbocycles. The van der Waals surface area contributed by atoms with Crippen molar-refractivity contribution in [3.63, 3.8) is 0 Å². The molecule has 3 aromatic rings. The highest BCUT2D eigenvalue weighted by atomic mass is 35.5. The monoisotopic (exact) mass is 336 g/mol. The van der Waals surface area contributed by atoms with Gasteiger partial charge in [0.2, 0.25) is 0 Å².